The van der Waals surface area contributed by atoms with Crippen molar-refractivity contribution in [3.05, 3.63) is 29.8 Å². The fraction of sp³-hybridized carbons (Fsp3) is 0.500. The van der Waals surface area contributed by atoms with Crippen molar-refractivity contribution in [1.29, 1.82) is 0 Å². The summed E-state index contributed by atoms with van der Waals surface area (Å²) >= 11 is 0. The lowest BCUT2D eigenvalue weighted by molar-refractivity contribution is -0.121. The number of benzene rings is 1. The number of carbonyl (C=O) groups is 1. The summed E-state index contributed by atoms with van der Waals surface area (Å²) in [5, 5.41) is 2.93. The van der Waals surface area contributed by atoms with Crippen molar-refractivity contribution in [2.75, 3.05) is 12.3 Å². The molecule has 0 saturated carbocycles. The fourth-order valence-electron chi connectivity index (χ4n) is 1.46. The molecule has 17 heavy (non-hydrogen) atoms. The van der Waals surface area contributed by atoms with Crippen molar-refractivity contribution in [3.63, 3.8) is 0 Å². The Morgan fingerprint density at radius 1 is 1.29 bits per heavy atom. The third-order valence-electron chi connectivity index (χ3n) is 2.49. The third-order valence-corrected chi connectivity index (χ3v) is 2.49. The lowest BCUT2D eigenvalue weighted by Gasteiger charge is -2.18. The number of nitrogen functional groups attached to an aromatic ring is 1. The molecule has 3 heteroatoms. The molecule has 0 aromatic heterocycles. The van der Waals surface area contributed by atoms with Gasteiger partial charge in [-0.15, -0.1) is 0 Å². The number of nitrogens with one attached hydrogen (secondary N) is 1. The zero-order chi connectivity index (χ0) is 12.9. The number of nitrogens with two attached hydrogens (primary N) is 1. The summed E-state index contributed by atoms with van der Waals surface area (Å²) < 4.78 is 0. The molecular weight excluding hydrogens is 212 g/mol. The van der Waals surface area contributed by atoms with Gasteiger partial charge >= 0.3 is 0 Å². The van der Waals surface area contributed by atoms with Crippen molar-refractivity contribution in [3.8, 4) is 0 Å². The predicted molar refractivity (Wildman–Crippen MR) is 71.6 cm³/mol. The van der Waals surface area contributed by atoms with E-state index >= 15 is 0 Å². The highest BCUT2D eigenvalue weighted by molar-refractivity contribution is 5.76. The van der Waals surface area contributed by atoms with Crippen LogP contribution in [0.15, 0.2) is 24.3 Å². The molecular formula is C14H22N2O. The lowest BCUT2D eigenvalue weighted by Crippen LogP contribution is -2.32. The van der Waals surface area contributed by atoms with Crippen LogP contribution in [-0.2, 0) is 11.2 Å². The molecule has 0 saturated heterocycles. The average molecular weight is 234 g/mol. The molecule has 0 spiro atoms. The summed E-state index contributed by atoms with van der Waals surface area (Å²) in [6, 6.07) is 7.67. The van der Waals surface area contributed by atoms with Crippen LogP contribution in [0.2, 0.25) is 0 Å². The van der Waals surface area contributed by atoms with E-state index in [4.69, 9.17) is 5.73 Å². The molecule has 0 radical (unpaired) electrons. The minimum Gasteiger partial charge on any atom is -0.399 e. The summed E-state index contributed by atoms with van der Waals surface area (Å²) in [7, 11) is 0. The Bertz CT molecular complexity index is 380. The molecule has 0 aliphatic rings. The number of aryl methyl sites for hydroxylation is 1. The van der Waals surface area contributed by atoms with E-state index in [1.165, 1.54) is 0 Å². The molecule has 0 aliphatic heterocycles. The largest absolute Gasteiger partial charge is 0.399 e. The number of rotatable bonds is 4. The zero-order valence-electron chi connectivity index (χ0n) is 10.9. The maximum absolute atomic E-state index is 11.6. The van der Waals surface area contributed by atoms with E-state index in [0.29, 0.717) is 19.4 Å². The molecule has 0 atom stereocenters. The summed E-state index contributed by atoms with van der Waals surface area (Å²) in [6.45, 7) is 7.00. The maximum atomic E-state index is 11.6. The van der Waals surface area contributed by atoms with Crippen LogP contribution in [0.3, 0.4) is 0 Å². The third kappa shape index (κ3) is 5.38. The molecule has 1 aromatic carbocycles. The summed E-state index contributed by atoms with van der Waals surface area (Å²) in [6.07, 6.45) is 1.19. The van der Waals surface area contributed by atoms with Gasteiger partial charge in [-0.25, -0.2) is 0 Å². The van der Waals surface area contributed by atoms with Gasteiger partial charge in [-0.3, -0.25) is 4.79 Å². The molecule has 3 nitrogen and oxygen atoms in total. The average Bonchev–Trinajstić information content (AvgIpc) is 2.24. The first-order chi connectivity index (χ1) is 7.88. The summed E-state index contributed by atoms with van der Waals surface area (Å²) in [4.78, 5) is 11.6. The van der Waals surface area contributed by atoms with Crippen LogP contribution in [0.5, 0.6) is 0 Å². The van der Waals surface area contributed by atoms with E-state index in [-0.39, 0.29) is 11.3 Å². The van der Waals surface area contributed by atoms with Crippen molar-refractivity contribution in [1.82, 2.24) is 5.32 Å². The molecule has 3 N–H and O–H groups in total. The van der Waals surface area contributed by atoms with Gasteiger partial charge in [0, 0.05) is 18.7 Å². The lowest BCUT2D eigenvalue weighted by atomic mass is 9.97. The van der Waals surface area contributed by atoms with Gasteiger partial charge in [-0.1, -0.05) is 39.0 Å². The van der Waals surface area contributed by atoms with Gasteiger partial charge in [0.15, 0.2) is 0 Å². The van der Waals surface area contributed by atoms with Crippen LogP contribution < -0.4 is 11.1 Å². The number of hydrogen-bond donors (Lipinski definition) is 2. The number of carbonyl (C=O) groups excluding carboxylic acids is 1. The predicted octanol–water partition coefficient (Wildman–Crippen LogP) is 2.36. The number of anilines is 1. The van der Waals surface area contributed by atoms with E-state index in [2.05, 4.69) is 26.1 Å². The van der Waals surface area contributed by atoms with Gasteiger partial charge in [0.1, 0.15) is 0 Å². The summed E-state index contributed by atoms with van der Waals surface area (Å²) in [5.74, 6) is 0.0863. The van der Waals surface area contributed by atoms with Crippen molar-refractivity contribution in [2.45, 2.75) is 33.6 Å². The molecule has 0 aliphatic carbocycles. The van der Waals surface area contributed by atoms with E-state index < -0.39 is 0 Å². The van der Waals surface area contributed by atoms with Crippen LogP contribution in [-0.4, -0.2) is 12.5 Å². The number of hydrogen-bond acceptors (Lipinski definition) is 2. The smallest absolute Gasteiger partial charge is 0.220 e. The van der Waals surface area contributed by atoms with Crippen LogP contribution in [0, 0.1) is 5.41 Å². The summed E-state index contributed by atoms with van der Waals surface area (Å²) in [5.41, 5.74) is 7.75. The first-order valence-corrected chi connectivity index (χ1v) is 5.98. The van der Waals surface area contributed by atoms with Gasteiger partial charge in [0.05, 0.1) is 0 Å². The zero-order valence-corrected chi connectivity index (χ0v) is 10.9. The van der Waals surface area contributed by atoms with Gasteiger partial charge in [0.2, 0.25) is 5.91 Å². The molecule has 0 fully saturated rings. The highest BCUT2D eigenvalue weighted by Gasteiger charge is 2.11. The Hall–Kier alpha value is -1.51. The fourth-order valence-corrected chi connectivity index (χ4v) is 1.46. The molecule has 1 amide bonds. The standard InChI is InChI=1S/C14H22N2O/c1-14(2,3)10-16-13(17)9-8-11-6-4-5-7-12(11)15/h4-7H,8-10,15H2,1-3H3,(H,16,17). The SMILES string of the molecule is CC(C)(C)CNC(=O)CCc1ccccc1N. The minimum atomic E-state index is 0.0863. The van der Waals surface area contributed by atoms with Gasteiger partial charge in [0.25, 0.3) is 0 Å². The van der Waals surface area contributed by atoms with Crippen molar-refractivity contribution < 1.29 is 4.79 Å². The van der Waals surface area contributed by atoms with Gasteiger partial charge in [-0.05, 0) is 23.5 Å². The Morgan fingerprint density at radius 3 is 2.53 bits per heavy atom. The highest BCUT2D eigenvalue weighted by atomic mass is 16.1. The van der Waals surface area contributed by atoms with Crippen molar-refractivity contribution >= 4 is 11.6 Å². The first-order valence-electron chi connectivity index (χ1n) is 5.98. The number of para-hydroxylation sites is 1. The van der Waals surface area contributed by atoms with Crippen LogP contribution in [0.4, 0.5) is 5.69 Å². The Labute approximate surface area is 103 Å². The van der Waals surface area contributed by atoms with Crippen LogP contribution in [0.25, 0.3) is 0 Å². The minimum absolute atomic E-state index is 0.0863. The second-order valence-electron chi connectivity index (χ2n) is 5.54. The molecule has 0 unspecified atom stereocenters. The second-order valence-corrected chi connectivity index (χ2v) is 5.54. The van der Waals surface area contributed by atoms with E-state index in [9.17, 15) is 4.79 Å². The molecule has 1 rings (SSSR count). The van der Waals surface area contributed by atoms with Crippen LogP contribution in [0.1, 0.15) is 32.8 Å². The molecule has 1 aromatic rings. The molecule has 0 bridgehead atoms. The Morgan fingerprint density at radius 2 is 1.94 bits per heavy atom. The topological polar surface area (TPSA) is 55.1 Å². The Balaban J connectivity index is 2.36. The van der Waals surface area contributed by atoms with Crippen LogP contribution >= 0.6 is 0 Å². The van der Waals surface area contributed by atoms with Gasteiger partial charge < -0.3 is 11.1 Å². The Kier molecular flexibility index (Phi) is 4.55. The van der Waals surface area contributed by atoms with E-state index in [1.807, 2.05) is 24.3 Å². The quantitative estimate of drug-likeness (QED) is 0.786. The second kappa shape index (κ2) is 5.71. The number of amides is 1. The molecule has 0 heterocycles. The first kappa shape index (κ1) is 13.6. The van der Waals surface area contributed by atoms with Crippen molar-refractivity contribution in [2.24, 2.45) is 5.41 Å². The van der Waals surface area contributed by atoms with Gasteiger partial charge in [-0.2, -0.15) is 0 Å². The van der Waals surface area contributed by atoms with E-state index in [1.54, 1.807) is 0 Å². The van der Waals surface area contributed by atoms with E-state index in [0.717, 1.165) is 11.3 Å². The monoisotopic (exact) mass is 234 g/mol. The molecule has 94 valence electrons. The normalized spacial score (nSPS) is 11.2. The highest BCUT2D eigenvalue weighted by Crippen LogP contribution is 2.13. The maximum Gasteiger partial charge on any atom is 0.220 e.